The molecule has 1 aliphatic rings. The topological polar surface area (TPSA) is 46.1 Å². The molecule has 0 radical (unpaired) electrons. The van der Waals surface area contributed by atoms with E-state index in [2.05, 4.69) is 24.0 Å². The van der Waals surface area contributed by atoms with Crippen LogP contribution in [0.2, 0.25) is 0 Å². The second-order valence-electron chi connectivity index (χ2n) is 7.48. The van der Waals surface area contributed by atoms with Crippen molar-refractivity contribution in [3.63, 3.8) is 0 Å². The van der Waals surface area contributed by atoms with Gasteiger partial charge in [0.2, 0.25) is 0 Å². The molecule has 27 heavy (non-hydrogen) atoms. The quantitative estimate of drug-likeness (QED) is 0.652. The number of carbonyl (C=O) groups excluding carboxylic acids is 1. The molecule has 138 valence electrons. The molecular formula is C23H25N3O. The minimum Gasteiger partial charge on any atom is -0.330 e. The van der Waals surface area contributed by atoms with Gasteiger partial charge in [-0.05, 0) is 69.9 Å². The van der Waals surface area contributed by atoms with Gasteiger partial charge < -0.3 is 4.90 Å². The zero-order valence-electron chi connectivity index (χ0n) is 16.2. The molecule has 1 saturated heterocycles. The summed E-state index contributed by atoms with van der Waals surface area (Å²) in [5.41, 5.74) is 5.70. The Bertz CT molecular complexity index is 997. The Kier molecular flexibility index (Phi) is 4.65. The summed E-state index contributed by atoms with van der Waals surface area (Å²) in [7, 11) is 0. The third-order valence-corrected chi connectivity index (χ3v) is 5.63. The SMILES string of the molecule is Cc1ccc2nc(C)c(C)c(C(=O)N3CCCCC3c3ccccn3)c2c1. The third-order valence-electron chi connectivity index (χ3n) is 5.63. The van der Waals surface area contributed by atoms with Crippen molar-refractivity contribution in [1.29, 1.82) is 0 Å². The molecule has 1 aromatic carbocycles. The van der Waals surface area contributed by atoms with E-state index in [0.29, 0.717) is 0 Å². The van der Waals surface area contributed by atoms with Crippen LogP contribution in [0.5, 0.6) is 0 Å². The fraction of sp³-hybridized carbons (Fsp3) is 0.348. The van der Waals surface area contributed by atoms with Crippen molar-refractivity contribution in [3.8, 4) is 0 Å². The second-order valence-corrected chi connectivity index (χ2v) is 7.48. The Morgan fingerprint density at radius 3 is 2.74 bits per heavy atom. The van der Waals surface area contributed by atoms with E-state index in [-0.39, 0.29) is 11.9 Å². The van der Waals surface area contributed by atoms with Crippen molar-refractivity contribution in [3.05, 3.63) is 70.7 Å². The van der Waals surface area contributed by atoms with E-state index in [0.717, 1.165) is 64.8 Å². The number of piperidine rings is 1. The summed E-state index contributed by atoms with van der Waals surface area (Å²) < 4.78 is 0. The van der Waals surface area contributed by atoms with Gasteiger partial charge in [-0.3, -0.25) is 14.8 Å². The number of carbonyl (C=O) groups is 1. The van der Waals surface area contributed by atoms with Gasteiger partial charge in [0.25, 0.3) is 5.91 Å². The summed E-state index contributed by atoms with van der Waals surface area (Å²) in [5, 5.41) is 0.952. The molecule has 0 bridgehead atoms. The highest BCUT2D eigenvalue weighted by Crippen LogP contribution is 2.33. The van der Waals surface area contributed by atoms with E-state index in [1.165, 1.54) is 0 Å². The number of likely N-dealkylation sites (tertiary alicyclic amines) is 1. The Morgan fingerprint density at radius 1 is 1.11 bits per heavy atom. The van der Waals surface area contributed by atoms with E-state index < -0.39 is 0 Å². The van der Waals surface area contributed by atoms with Crippen molar-refractivity contribution in [2.24, 2.45) is 0 Å². The first-order valence-corrected chi connectivity index (χ1v) is 9.65. The van der Waals surface area contributed by atoms with Crippen molar-refractivity contribution in [2.75, 3.05) is 6.54 Å². The largest absolute Gasteiger partial charge is 0.330 e. The fourth-order valence-corrected chi connectivity index (χ4v) is 4.07. The van der Waals surface area contributed by atoms with Crippen LogP contribution in [0.25, 0.3) is 10.9 Å². The van der Waals surface area contributed by atoms with Gasteiger partial charge in [0.1, 0.15) is 0 Å². The number of aromatic nitrogens is 2. The van der Waals surface area contributed by atoms with Gasteiger partial charge in [0, 0.05) is 23.8 Å². The highest BCUT2D eigenvalue weighted by atomic mass is 16.2. The zero-order valence-corrected chi connectivity index (χ0v) is 16.2. The molecule has 4 heteroatoms. The summed E-state index contributed by atoms with van der Waals surface area (Å²) in [4.78, 5) is 25.0. The molecule has 3 heterocycles. The highest BCUT2D eigenvalue weighted by molar-refractivity contribution is 6.08. The minimum absolute atomic E-state index is 0.0418. The molecule has 0 aliphatic carbocycles. The van der Waals surface area contributed by atoms with Crippen LogP contribution in [0.3, 0.4) is 0 Å². The number of rotatable bonds is 2. The predicted octanol–water partition coefficient (Wildman–Crippen LogP) is 4.92. The molecule has 0 N–H and O–H groups in total. The zero-order chi connectivity index (χ0) is 19.0. The lowest BCUT2D eigenvalue weighted by Crippen LogP contribution is -2.39. The standard InChI is InChI=1S/C23H25N3O/c1-15-10-11-19-18(14-15)22(16(2)17(3)25-19)23(27)26-13-7-5-9-21(26)20-8-4-6-12-24-20/h4,6,8,10-12,14,21H,5,7,9,13H2,1-3H3. The van der Waals surface area contributed by atoms with Crippen LogP contribution in [-0.2, 0) is 0 Å². The summed E-state index contributed by atoms with van der Waals surface area (Å²) in [6.07, 6.45) is 4.93. The summed E-state index contributed by atoms with van der Waals surface area (Å²) in [5.74, 6) is 0.101. The number of nitrogens with zero attached hydrogens (tertiary/aromatic N) is 3. The summed E-state index contributed by atoms with van der Waals surface area (Å²) in [6.45, 7) is 6.82. The van der Waals surface area contributed by atoms with Gasteiger partial charge in [0.05, 0.1) is 22.8 Å². The maximum atomic E-state index is 13.8. The number of aryl methyl sites for hydroxylation is 2. The van der Waals surface area contributed by atoms with E-state index in [1.807, 2.05) is 49.2 Å². The van der Waals surface area contributed by atoms with Crippen molar-refractivity contribution < 1.29 is 4.79 Å². The van der Waals surface area contributed by atoms with Crippen molar-refractivity contribution >= 4 is 16.8 Å². The molecule has 4 nitrogen and oxygen atoms in total. The molecule has 3 aromatic rings. The van der Waals surface area contributed by atoms with Gasteiger partial charge in [-0.25, -0.2) is 0 Å². The van der Waals surface area contributed by atoms with Crippen LogP contribution in [0, 0.1) is 20.8 Å². The summed E-state index contributed by atoms with van der Waals surface area (Å²) in [6, 6.07) is 12.1. The predicted molar refractivity (Wildman–Crippen MR) is 108 cm³/mol. The number of fused-ring (bicyclic) bond motifs is 1. The van der Waals surface area contributed by atoms with Gasteiger partial charge in [0.15, 0.2) is 0 Å². The molecule has 1 amide bonds. The van der Waals surface area contributed by atoms with Crippen LogP contribution < -0.4 is 0 Å². The number of pyridine rings is 2. The first kappa shape index (κ1) is 17.7. The molecular weight excluding hydrogens is 334 g/mol. The molecule has 1 atom stereocenters. The average Bonchev–Trinajstić information content (AvgIpc) is 2.70. The second kappa shape index (κ2) is 7.10. The van der Waals surface area contributed by atoms with Crippen LogP contribution in [-0.4, -0.2) is 27.3 Å². The number of amides is 1. The minimum atomic E-state index is 0.0418. The molecule has 1 unspecified atom stereocenters. The van der Waals surface area contributed by atoms with E-state index >= 15 is 0 Å². The lowest BCUT2D eigenvalue weighted by atomic mass is 9.94. The number of benzene rings is 1. The average molecular weight is 359 g/mol. The smallest absolute Gasteiger partial charge is 0.255 e. The highest BCUT2D eigenvalue weighted by Gasteiger charge is 2.31. The lowest BCUT2D eigenvalue weighted by molar-refractivity contribution is 0.0607. The normalized spacial score (nSPS) is 17.3. The monoisotopic (exact) mass is 359 g/mol. The van der Waals surface area contributed by atoms with Crippen LogP contribution in [0.4, 0.5) is 0 Å². The molecule has 2 aromatic heterocycles. The van der Waals surface area contributed by atoms with Gasteiger partial charge in [-0.2, -0.15) is 0 Å². The fourth-order valence-electron chi connectivity index (χ4n) is 4.07. The Morgan fingerprint density at radius 2 is 1.96 bits per heavy atom. The Hall–Kier alpha value is -2.75. The molecule has 0 spiro atoms. The van der Waals surface area contributed by atoms with Crippen LogP contribution in [0.15, 0.2) is 42.6 Å². The number of hydrogen-bond acceptors (Lipinski definition) is 3. The first-order valence-electron chi connectivity index (χ1n) is 9.65. The van der Waals surface area contributed by atoms with Crippen LogP contribution >= 0.6 is 0 Å². The van der Waals surface area contributed by atoms with Crippen molar-refractivity contribution in [2.45, 2.75) is 46.1 Å². The van der Waals surface area contributed by atoms with Crippen LogP contribution in [0.1, 0.15) is 58.2 Å². The third kappa shape index (κ3) is 3.20. The van der Waals surface area contributed by atoms with Gasteiger partial charge in [-0.1, -0.05) is 17.7 Å². The number of hydrogen-bond donors (Lipinski definition) is 0. The maximum absolute atomic E-state index is 13.8. The van der Waals surface area contributed by atoms with Crippen molar-refractivity contribution in [1.82, 2.24) is 14.9 Å². The Balaban J connectivity index is 1.84. The van der Waals surface area contributed by atoms with E-state index in [9.17, 15) is 4.79 Å². The maximum Gasteiger partial charge on any atom is 0.255 e. The van der Waals surface area contributed by atoms with Gasteiger partial charge >= 0.3 is 0 Å². The summed E-state index contributed by atoms with van der Waals surface area (Å²) >= 11 is 0. The van der Waals surface area contributed by atoms with E-state index in [4.69, 9.17) is 4.98 Å². The molecule has 0 saturated carbocycles. The molecule has 1 fully saturated rings. The lowest BCUT2D eigenvalue weighted by Gasteiger charge is -2.36. The first-order chi connectivity index (χ1) is 13.1. The van der Waals surface area contributed by atoms with E-state index in [1.54, 1.807) is 0 Å². The molecule has 1 aliphatic heterocycles. The molecule has 4 rings (SSSR count). The Labute approximate surface area is 160 Å². The van der Waals surface area contributed by atoms with Gasteiger partial charge in [-0.15, -0.1) is 0 Å².